The first-order valence-electron chi connectivity index (χ1n) is 6.36. The standard InChI is InChI=1S/C14H19N3O2S/c1-10-5-7-13(8-6-10)9-15-20(18,19)14-11(2)16-17(4)12(14)3/h5-8,15H,9H2,1-4H3. The fourth-order valence-electron chi connectivity index (χ4n) is 2.10. The van der Waals surface area contributed by atoms with E-state index in [1.807, 2.05) is 31.2 Å². The summed E-state index contributed by atoms with van der Waals surface area (Å²) in [6, 6.07) is 7.76. The van der Waals surface area contributed by atoms with Crippen LogP contribution in [0.1, 0.15) is 22.5 Å². The monoisotopic (exact) mass is 293 g/mol. The average molecular weight is 293 g/mol. The van der Waals surface area contributed by atoms with Crippen LogP contribution in [0, 0.1) is 20.8 Å². The number of aromatic nitrogens is 2. The van der Waals surface area contributed by atoms with E-state index in [9.17, 15) is 8.42 Å². The van der Waals surface area contributed by atoms with Crippen LogP contribution in [0.5, 0.6) is 0 Å². The van der Waals surface area contributed by atoms with Gasteiger partial charge >= 0.3 is 0 Å². The van der Waals surface area contributed by atoms with Gasteiger partial charge in [0.2, 0.25) is 10.0 Å². The number of sulfonamides is 1. The van der Waals surface area contributed by atoms with Gasteiger partial charge in [0.05, 0.1) is 11.4 Å². The second-order valence-electron chi connectivity index (χ2n) is 4.93. The van der Waals surface area contributed by atoms with Gasteiger partial charge in [-0.1, -0.05) is 29.8 Å². The molecule has 0 atom stereocenters. The van der Waals surface area contributed by atoms with E-state index in [0.717, 1.165) is 11.1 Å². The summed E-state index contributed by atoms with van der Waals surface area (Å²) in [5, 5.41) is 4.14. The smallest absolute Gasteiger partial charge is 0.244 e. The predicted octanol–water partition coefficient (Wildman–Crippen LogP) is 1.82. The highest BCUT2D eigenvalue weighted by Crippen LogP contribution is 2.18. The fraction of sp³-hybridized carbons (Fsp3) is 0.357. The van der Waals surface area contributed by atoms with Crippen molar-refractivity contribution in [2.45, 2.75) is 32.2 Å². The van der Waals surface area contributed by atoms with Crippen molar-refractivity contribution in [2.75, 3.05) is 0 Å². The van der Waals surface area contributed by atoms with Crippen LogP contribution < -0.4 is 4.72 Å². The molecule has 0 unspecified atom stereocenters. The van der Waals surface area contributed by atoms with Crippen molar-refractivity contribution in [3.63, 3.8) is 0 Å². The van der Waals surface area contributed by atoms with Crippen molar-refractivity contribution < 1.29 is 8.42 Å². The van der Waals surface area contributed by atoms with E-state index in [0.29, 0.717) is 11.4 Å². The van der Waals surface area contributed by atoms with Crippen LogP contribution in [0.2, 0.25) is 0 Å². The number of benzene rings is 1. The van der Waals surface area contributed by atoms with Gasteiger partial charge in [0, 0.05) is 13.6 Å². The highest BCUT2D eigenvalue weighted by molar-refractivity contribution is 7.89. The molecule has 0 radical (unpaired) electrons. The lowest BCUT2D eigenvalue weighted by molar-refractivity contribution is 0.579. The van der Waals surface area contributed by atoms with Crippen LogP contribution >= 0.6 is 0 Å². The van der Waals surface area contributed by atoms with E-state index in [-0.39, 0.29) is 11.4 Å². The quantitative estimate of drug-likeness (QED) is 0.935. The average Bonchev–Trinajstić information content (AvgIpc) is 2.63. The summed E-state index contributed by atoms with van der Waals surface area (Å²) in [5.41, 5.74) is 3.23. The Labute approximate surface area is 119 Å². The zero-order valence-electron chi connectivity index (χ0n) is 12.1. The molecule has 0 bridgehead atoms. The molecule has 0 aliphatic heterocycles. The fourth-order valence-corrected chi connectivity index (χ4v) is 3.55. The van der Waals surface area contributed by atoms with Crippen molar-refractivity contribution in [1.82, 2.24) is 14.5 Å². The lowest BCUT2D eigenvalue weighted by Gasteiger charge is -2.07. The van der Waals surface area contributed by atoms with Crippen LogP contribution in [0.25, 0.3) is 0 Å². The predicted molar refractivity (Wildman–Crippen MR) is 77.9 cm³/mol. The lowest BCUT2D eigenvalue weighted by Crippen LogP contribution is -2.24. The Bertz CT molecular complexity index is 716. The molecule has 0 aliphatic carbocycles. The zero-order valence-corrected chi connectivity index (χ0v) is 13.0. The molecular formula is C14H19N3O2S. The van der Waals surface area contributed by atoms with Gasteiger partial charge in [0.25, 0.3) is 0 Å². The van der Waals surface area contributed by atoms with E-state index in [4.69, 9.17) is 0 Å². The minimum atomic E-state index is -3.54. The van der Waals surface area contributed by atoms with E-state index in [1.54, 1.807) is 25.6 Å². The molecule has 1 aromatic carbocycles. The Hall–Kier alpha value is -1.66. The molecule has 0 amide bonds. The molecule has 5 nitrogen and oxygen atoms in total. The molecule has 2 rings (SSSR count). The van der Waals surface area contributed by atoms with Gasteiger partial charge in [-0.3, -0.25) is 4.68 Å². The van der Waals surface area contributed by atoms with Gasteiger partial charge in [-0.25, -0.2) is 13.1 Å². The van der Waals surface area contributed by atoms with Crippen LogP contribution in [0.3, 0.4) is 0 Å². The topological polar surface area (TPSA) is 64.0 Å². The Morgan fingerprint density at radius 1 is 1.15 bits per heavy atom. The number of rotatable bonds is 4. The third-order valence-corrected chi connectivity index (χ3v) is 4.95. The Balaban J connectivity index is 2.21. The molecule has 0 fully saturated rings. The third kappa shape index (κ3) is 2.91. The zero-order chi connectivity index (χ0) is 14.9. The van der Waals surface area contributed by atoms with Crippen LogP contribution in [-0.2, 0) is 23.6 Å². The van der Waals surface area contributed by atoms with Crippen molar-refractivity contribution in [1.29, 1.82) is 0 Å². The van der Waals surface area contributed by atoms with Crippen molar-refractivity contribution >= 4 is 10.0 Å². The molecule has 1 N–H and O–H groups in total. The second-order valence-corrected chi connectivity index (χ2v) is 6.64. The summed E-state index contributed by atoms with van der Waals surface area (Å²) in [6.45, 7) is 5.72. The first kappa shape index (κ1) is 14.7. The molecule has 20 heavy (non-hydrogen) atoms. The molecule has 6 heteroatoms. The van der Waals surface area contributed by atoms with E-state index < -0.39 is 10.0 Å². The van der Waals surface area contributed by atoms with Crippen molar-refractivity contribution in [3.8, 4) is 0 Å². The van der Waals surface area contributed by atoms with E-state index in [1.165, 1.54) is 0 Å². The summed E-state index contributed by atoms with van der Waals surface area (Å²) >= 11 is 0. The number of hydrogen-bond donors (Lipinski definition) is 1. The first-order valence-corrected chi connectivity index (χ1v) is 7.85. The lowest BCUT2D eigenvalue weighted by atomic mass is 10.2. The summed E-state index contributed by atoms with van der Waals surface area (Å²) < 4.78 is 28.9. The number of aryl methyl sites for hydroxylation is 3. The van der Waals surface area contributed by atoms with Crippen molar-refractivity contribution in [3.05, 3.63) is 46.8 Å². The molecule has 0 saturated heterocycles. The summed E-state index contributed by atoms with van der Waals surface area (Å²) in [5.74, 6) is 0. The van der Waals surface area contributed by atoms with Crippen LogP contribution in [0.4, 0.5) is 0 Å². The molecule has 108 valence electrons. The van der Waals surface area contributed by atoms with Gasteiger partial charge in [0.15, 0.2) is 0 Å². The van der Waals surface area contributed by atoms with E-state index in [2.05, 4.69) is 9.82 Å². The maximum Gasteiger partial charge on any atom is 0.244 e. The molecule has 0 spiro atoms. The molecule has 0 aliphatic rings. The van der Waals surface area contributed by atoms with E-state index >= 15 is 0 Å². The third-order valence-electron chi connectivity index (χ3n) is 3.30. The normalized spacial score (nSPS) is 11.8. The Kier molecular flexibility index (Phi) is 3.96. The highest BCUT2D eigenvalue weighted by atomic mass is 32.2. The van der Waals surface area contributed by atoms with Crippen LogP contribution in [-0.4, -0.2) is 18.2 Å². The largest absolute Gasteiger partial charge is 0.271 e. The molecule has 2 aromatic rings. The van der Waals surface area contributed by atoms with Gasteiger partial charge < -0.3 is 0 Å². The SMILES string of the molecule is Cc1ccc(CNS(=O)(=O)c2c(C)nn(C)c2C)cc1. The molecular weight excluding hydrogens is 274 g/mol. The number of nitrogens with zero attached hydrogens (tertiary/aromatic N) is 2. The van der Waals surface area contributed by atoms with Gasteiger partial charge in [-0.05, 0) is 26.3 Å². The Morgan fingerprint density at radius 2 is 1.75 bits per heavy atom. The highest BCUT2D eigenvalue weighted by Gasteiger charge is 2.23. The first-order chi connectivity index (χ1) is 9.31. The van der Waals surface area contributed by atoms with Gasteiger partial charge in [-0.15, -0.1) is 0 Å². The summed E-state index contributed by atoms with van der Waals surface area (Å²) in [6.07, 6.45) is 0. The van der Waals surface area contributed by atoms with Gasteiger partial charge in [-0.2, -0.15) is 5.10 Å². The molecule has 1 aromatic heterocycles. The number of nitrogens with one attached hydrogen (secondary N) is 1. The van der Waals surface area contributed by atoms with Gasteiger partial charge in [0.1, 0.15) is 4.90 Å². The van der Waals surface area contributed by atoms with Crippen molar-refractivity contribution in [2.24, 2.45) is 7.05 Å². The maximum absolute atomic E-state index is 12.4. The molecule has 1 heterocycles. The molecule has 0 saturated carbocycles. The second kappa shape index (κ2) is 5.38. The summed E-state index contributed by atoms with van der Waals surface area (Å²) in [4.78, 5) is 0.270. The maximum atomic E-state index is 12.4. The minimum absolute atomic E-state index is 0.270. The van der Waals surface area contributed by atoms with Crippen LogP contribution in [0.15, 0.2) is 29.2 Å². The minimum Gasteiger partial charge on any atom is -0.271 e. The Morgan fingerprint density at radius 3 is 2.25 bits per heavy atom. The number of hydrogen-bond acceptors (Lipinski definition) is 3. The summed E-state index contributed by atoms with van der Waals surface area (Å²) in [7, 11) is -1.81.